The molecule has 102 valence electrons. The van der Waals surface area contributed by atoms with E-state index in [-0.39, 0.29) is 5.75 Å². The van der Waals surface area contributed by atoms with Crippen molar-refractivity contribution in [3.63, 3.8) is 0 Å². The van der Waals surface area contributed by atoms with Crippen molar-refractivity contribution in [3.8, 4) is 5.75 Å². The molecule has 4 nitrogen and oxygen atoms in total. The van der Waals surface area contributed by atoms with Crippen LogP contribution in [0.1, 0.15) is 0 Å². The summed E-state index contributed by atoms with van der Waals surface area (Å²) in [5.41, 5.74) is 1.86. The normalized spacial score (nSPS) is 10.9. The van der Waals surface area contributed by atoms with Crippen LogP contribution < -0.4 is 10.1 Å². The molecule has 20 heavy (non-hydrogen) atoms. The molecule has 0 amide bonds. The number of fused-ring (bicyclic) bond motifs is 1. The Morgan fingerprint density at radius 3 is 2.80 bits per heavy atom. The van der Waals surface area contributed by atoms with Crippen LogP contribution in [0.4, 0.5) is 20.3 Å². The van der Waals surface area contributed by atoms with Crippen LogP contribution in [-0.4, -0.2) is 16.6 Å². The SMILES string of the molecule is FC(F)Oc1ccc(Nc2ccc3cc[nH]c3c2)nc1. The first-order valence-electron chi connectivity index (χ1n) is 5.96. The molecule has 0 fully saturated rings. The molecule has 3 rings (SSSR count). The van der Waals surface area contributed by atoms with Gasteiger partial charge in [-0.15, -0.1) is 0 Å². The summed E-state index contributed by atoms with van der Waals surface area (Å²) in [5.74, 6) is 0.586. The van der Waals surface area contributed by atoms with E-state index in [2.05, 4.69) is 20.0 Å². The van der Waals surface area contributed by atoms with Crippen LogP contribution in [0.5, 0.6) is 5.75 Å². The van der Waals surface area contributed by atoms with Crippen LogP contribution >= 0.6 is 0 Å². The molecule has 0 unspecified atom stereocenters. The average molecular weight is 275 g/mol. The molecule has 2 N–H and O–H groups in total. The lowest BCUT2D eigenvalue weighted by Gasteiger charge is -2.07. The van der Waals surface area contributed by atoms with Gasteiger partial charge in [-0.05, 0) is 35.7 Å². The van der Waals surface area contributed by atoms with Crippen molar-refractivity contribution in [2.24, 2.45) is 0 Å². The Morgan fingerprint density at radius 1 is 1.15 bits per heavy atom. The van der Waals surface area contributed by atoms with Crippen LogP contribution in [0.15, 0.2) is 48.8 Å². The lowest BCUT2D eigenvalue weighted by atomic mass is 10.2. The summed E-state index contributed by atoms with van der Waals surface area (Å²) in [6.45, 7) is -2.84. The van der Waals surface area contributed by atoms with Crippen LogP contribution in [0.25, 0.3) is 10.9 Å². The molecule has 1 aromatic carbocycles. The van der Waals surface area contributed by atoms with E-state index in [1.54, 1.807) is 6.07 Å². The van der Waals surface area contributed by atoms with Crippen molar-refractivity contribution in [1.29, 1.82) is 0 Å². The fourth-order valence-corrected chi connectivity index (χ4v) is 1.90. The average Bonchev–Trinajstić information content (AvgIpc) is 2.88. The smallest absolute Gasteiger partial charge is 0.387 e. The number of aromatic nitrogens is 2. The summed E-state index contributed by atoms with van der Waals surface area (Å²) < 4.78 is 28.3. The lowest BCUT2D eigenvalue weighted by molar-refractivity contribution is -0.0500. The van der Waals surface area contributed by atoms with Gasteiger partial charge in [0.25, 0.3) is 0 Å². The zero-order chi connectivity index (χ0) is 13.9. The van der Waals surface area contributed by atoms with Crippen LogP contribution in [0, 0.1) is 0 Å². The number of benzene rings is 1. The Labute approximate surface area is 113 Å². The molecule has 2 aromatic heterocycles. The van der Waals surface area contributed by atoms with E-state index in [0.29, 0.717) is 5.82 Å². The summed E-state index contributed by atoms with van der Waals surface area (Å²) in [7, 11) is 0. The van der Waals surface area contributed by atoms with E-state index in [1.165, 1.54) is 12.3 Å². The van der Waals surface area contributed by atoms with Crippen molar-refractivity contribution in [2.75, 3.05) is 5.32 Å². The second-order valence-electron chi connectivity index (χ2n) is 4.16. The number of H-pyrrole nitrogens is 1. The number of pyridine rings is 1. The summed E-state index contributed by atoms with van der Waals surface area (Å²) in [6, 6.07) is 10.8. The minimum absolute atomic E-state index is 0.0328. The molecule has 0 saturated heterocycles. The first kappa shape index (κ1) is 12.4. The molecule has 0 radical (unpaired) electrons. The molecule has 3 aromatic rings. The van der Waals surface area contributed by atoms with E-state index in [1.807, 2.05) is 30.5 Å². The van der Waals surface area contributed by atoms with Crippen LogP contribution in [0.2, 0.25) is 0 Å². The highest BCUT2D eigenvalue weighted by molar-refractivity contribution is 5.83. The molecule has 0 spiro atoms. The van der Waals surface area contributed by atoms with Gasteiger partial charge in [0.15, 0.2) is 0 Å². The number of rotatable bonds is 4. The number of hydrogen-bond donors (Lipinski definition) is 2. The summed E-state index contributed by atoms with van der Waals surface area (Å²) in [5, 5.41) is 4.21. The van der Waals surface area contributed by atoms with Gasteiger partial charge in [0.1, 0.15) is 11.6 Å². The quantitative estimate of drug-likeness (QED) is 0.759. The Hall–Kier alpha value is -2.63. The number of nitrogens with zero attached hydrogens (tertiary/aromatic N) is 1. The lowest BCUT2D eigenvalue weighted by Crippen LogP contribution is -2.02. The monoisotopic (exact) mass is 275 g/mol. The number of anilines is 2. The summed E-state index contributed by atoms with van der Waals surface area (Å²) in [6.07, 6.45) is 3.12. The molecule has 0 atom stereocenters. The standard InChI is InChI=1S/C14H11F2N3O/c15-14(16)20-11-3-4-13(18-8-11)19-10-2-1-9-5-6-17-12(9)7-10/h1-8,14,17H,(H,18,19). The molecule has 0 saturated carbocycles. The third-order valence-corrected chi connectivity index (χ3v) is 2.79. The van der Waals surface area contributed by atoms with Crippen molar-refractivity contribution >= 4 is 22.4 Å². The maximum absolute atomic E-state index is 12.0. The predicted molar refractivity (Wildman–Crippen MR) is 72.5 cm³/mol. The number of ether oxygens (including phenoxy) is 1. The molecular formula is C14H11F2N3O. The van der Waals surface area contributed by atoms with Gasteiger partial charge >= 0.3 is 6.61 Å². The number of nitrogens with one attached hydrogen (secondary N) is 2. The zero-order valence-corrected chi connectivity index (χ0v) is 10.3. The summed E-state index contributed by atoms with van der Waals surface area (Å²) >= 11 is 0. The Kier molecular flexibility index (Phi) is 3.20. The van der Waals surface area contributed by atoms with Gasteiger partial charge in [-0.2, -0.15) is 8.78 Å². The fraction of sp³-hybridized carbons (Fsp3) is 0.0714. The highest BCUT2D eigenvalue weighted by Crippen LogP contribution is 2.22. The van der Waals surface area contributed by atoms with E-state index in [0.717, 1.165) is 16.6 Å². The molecular weight excluding hydrogens is 264 g/mol. The molecule has 2 heterocycles. The molecule has 0 aliphatic heterocycles. The van der Waals surface area contributed by atoms with Crippen LogP contribution in [0.3, 0.4) is 0 Å². The first-order valence-corrected chi connectivity index (χ1v) is 5.96. The maximum atomic E-state index is 12.0. The van der Waals surface area contributed by atoms with Gasteiger partial charge in [-0.1, -0.05) is 6.07 Å². The second kappa shape index (κ2) is 5.16. The van der Waals surface area contributed by atoms with Crippen LogP contribution in [-0.2, 0) is 0 Å². The van der Waals surface area contributed by atoms with Crippen molar-refractivity contribution in [1.82, 2.24) is 9.97 Å². The highest BCUT2D eigenvalue weighted by Gasteiger charge is 2.04. The minimum atomic E-state index is -2.84. The van der Waals surface area contributed by atoms with Gasteiger partial charge in [0, 0.05) is 17.4 Å². The first-order chi connectivity index (χ1) is 9.70. The van der Waals surface area contributed by atoms with E-state index in [4.69, 9.17) is 0 Å². The van der Waals surface area contributed by atoms with E-state index in [9.17, 15) is 8.78 Å². The zero-order valence-electron chi connectivity index (χ0n) is 10.3. The molecule has 0 aliphatic carbocycles. The fourth-order valence-electron chi connectivity index (χ4n) is 1.90. The van der Waals surface area contributed by atoms with Gasteiger partial charge in [0.2, 0.25) is 0 Å². The topological polar surface area (TPSA) is 49.9 Å². The number of hydrogen-bond acceptors (Lipinski definition) is 3. The van der Waals surface area contributed by atoms with Crippen molar-refractivity contribution in [3.05, 3.63) is 48.8 Å². The predicted octanol–water partition coefficient (Wildman–Crippen LogP) is 3.91. The van der Waals surface area contributed by atoms with Gasteiger partial charge in [-0.25, -0.2) is 4.98 Å². The number of alkyl halides is 2. The third-order valence-electron chi connectivity index (χ3n) is 2.79. The Bertz CT molecular complexity index is 710. The highest BCUT2D eigenvalue weighted by atomic mass is 19.3. The largest absolute Gasteiger partial charge is 0.433 e. The van der Waals surface area contributed by atoms with E-state index < -0.39 is 6.61 Å². The van der Waals surface area contributed by atoms with Crippen molar-refractivity contribution < 1.29 is 13.5 Å². The van der Waals surface area contributed by atoms with Gasteiger partial charge in [-0.3, -0.25) is 0 Å². The second-order valence-corrected chi connectivity index (χ2v) is 4.16. The Morgan fingerprint density at radius 2 is 2.05 bits per heavy atom. The van der Waals surface area contributed by atoms with Gasteiger partial charge < -0.3 is 15.0 Å². The number of halogens is 2. The third kappa shape index (κ3) is 2.69. The van der Waals surface area contributed by atoms with Gasteiger partial charge in [0.05, 0.1) is 6.20 Å². The molecule has 0 bridgehead atoms. The molecule has 6 heteroatoms. The maximum Gasteiger partial charge on any atom is 0.387 e. The van der Waals surface area contributed by atoms with E-state index >= 15 is 0 Å². The molecule has 0 aliphatic rings. The Balaban J connectivity index is 1.76. The minimum Gasteiger partial charge on any atom is -0.433 e. The summed E-state index contributed by atoms with van der Waals surface area (Å²) in [4.78, 5) is 7.13. The number of aromatic amines is 1. The van der Waals surface area contributed by atoms with Crippen molar-refractivity contribution in [2.45, 2.75) is 6.61 Å².